The number of nitrogens with zero attached hydrogens (tertiary/aromatic N) is 3. The Hall–Kier alpha value is -3.64. The van der Waals surface area contributed by atoms with Gasteiger partial charge in [-0.15, -0.1) is 0 Å². The van der Waals surface area contributed by atoms with Crippen LogP contribution in [0.2, 0.25) is 0 Å². The molecule has 4 amide bonds. The van der Waals surface area contributed by atoms with E-state index in [1.54, 1.807) is 0 Å². The summed E-state index contributed by atoms with van der Waals surface area (Å²) in [7, 11) is 0. The number of amides is 4. The highest BCUT2D eigenvalue weighted by atomic mass is 32.1. The van der Waals surface area contributed by atoms with Gasteiger partial charge >= 0.3 is 11.8 Å². The van der Waals surface area contributed by atoms with Crippen LogP contribution >= 0.6 is 25.3 Å². The van der Waals surface area contributed by atoms with Gasteiger partial charge in [0.05, 0.1) is 13.2 Å². The molecule has 41 heavy (non-hydrogen) atoms. The van der Waals surface area contributed by atoms with Gasteiger partial charge in [-0.25, -0.2) is 0 Å². The van der Waals surface area contributed by atoms with Gasteiger partial charge in [-0.05, 0) is 12.1 Å². The fraction of sp³-hybridized carbons (Fsp3) is 0.417. The van der Waals surface area contributed by atoms with E-state index in [2.05, 4.69) is 46.5 Å². The van der Waals surface area contributed by atoms with E-state index >= 15 is 0 Å². The highest BCUT2D eigenvalue weighted by molar-refractivity contribution is 7.80. The van der Waals surface area contributed by atoms with Crippen LogP contribution in [0, 0.1) is 10.4 Å². The Morgan fingerprint density at radius 3 is 1.56 bits per heavy atom. The lowest BCUT2D eigenvalue weighted by Gasteiger charge is -2.22. The number of thiol groups is 2. The van der Waals surface area contributed by atoms with Crippen molar-refractivity contribution in [3.8, 4) is 0 Å². The summed E-state index contributed by atoms with van der Waals surface area (Å²) in [4.78, 5) is 52.2. The highest BCUT2D eigenvalue weighted by Gasteiger charge is 2.25. The van der Waals surface area contributed by atoms with Gasteiger partial charge in [0.1, 0.15) is 11.1 Å². The van der Waals surface area contributed by atoms with E-state index in [0.717, 1.165) is 0 Å². The molecular weight excluding hydrogens is 576 g/mol. The summed E-state index contributed by atoms with van der Waals surface area (Å²) in [6, 6.07) is 5.13. The molecule has 17 heteroatoms. The Morgan fingerprint density at radius 1 is 0.732 bits per heavy atom. The lowest BCUT2D eigenvalue weighted by molar-refractivity contribution is -0.647. The van der Waals surface area contributed by atoms with Gasteiger partial charge in [0.25, 0.3) is 33.3 Å². The first kappa shape index (κ1) is 31.9. The van der Waals surface area contributed by atoms with Gasteiger partial charge < -0.3 is 42.2 Å². The summed E-state index contributed by atoms with van der Waals surface area (Å²) in [5.74, 6) is -2.47. The molecule has 2 aromatic rings. The second-order valence-electron chi connectivity index (χ2n) is 8.77. The number of hydrogen-bond donors (Lipinski definition) is 7. The molecule has 6 heterocycles. The third kappa shape index (κ3) is 8.43. The Kier molecular flexibility index (Phi) is 12.0. The summed E-state index contributed by atoms with van der Waals surface area (Å²) in [6.07, 6.45) is 0. The first-order chi connectivity index (χ1) is 19.6. The number of pyridine rings is 2. The van der Waals surface area contributed by atoms with Crippen LogP contribution in [0.4, 0.5) is 0 Å². The van der Waals surface area contributed by atoms with Crippen molar-refractivity contribution in [2.24, 2.45) is 5.73 Å². The van der Waals surface area contributed by atoms with Crippen LogP contribution < -0.4 is 36.5 Å². The third-order valence-corrected chi connectivity index (χ3v) is 6.86. The normalized spacial score (nSPS) is 17.0. The topological polar surface area (TPSA) is 209 Å². The number of nitrogens with one attached hydrogen (secondary N) is 4. The van der Waals surface area contributed by atoms with Gasteiger partial charge in [0.15, 0.2) is 0 Å². The number of aromatic nitrogens is 2. The second-order valence-corrected chi connectivity index (χ2v) is 9.61. The number of rotatable bonds is 2. The van der Waals surface area contributed by atoms with E-state index in [4.69, 9.17) is 10.5 Å². The molecule has 0 fully saturated rings. The van der Waals surface area contributed by atoms with Crippen LogP contribution in [-0.4, -0.2) is 94.1 Å². The molecule has 222 valence electrons. The SMILES string of the molecule is NCCN1CCNC(=O)c2ccc([n+]([O-])c2S)C(=O)NCCOCCNC(=O)c2ccc(c(S)[n+]2[O-])C(=O)NCC1. The van der Waals surface area contributed by atoms with Crippen molar-refractivity contribution in [1.82, 2.24) is 26.2 Å². The number of carbonyl (C=O) groups excluding carboxylic acids is 4. The first-order valence-corrected chi connectivity index (χ1v) is 13.6. The van der Waals surface area contributed by atoms with Crippen LogP contribution in [0.15, 0.2) is 34.3 Å². The predicted octanol–water partition coefficient (Wildman–Crippen LogP) is -2.56. The van der Waals surface area contributed by atoms with E-state index in [9.17, 15) is 29.6 Å². The maximum absolute atomic E-state index is 12.7. The minimum Gasteiger partial charge on any atom is -0.617 e. The summed E-state index contributed by atoms with van der Waals surface area (Å²) in [5, 5.41) is 35.2. The number of hydrogen-bond acceptors (Lipinski definition) is 11. The van der Waals surface area contributed by atoms with E-state index in [1.807, 2.05) is 4.90 Å². The van der Waals surface area contributed by atoms with Crippen LogP contribution in [0.5, 0.6) is 0 Å². The quantitative estimate of drug-likeness (QED) is 0.109. The van der Waals surface area contributed by atoms with Crippen LogP contribution in [0.3, 0.4) is 0 Å². The molecule has 0 radical (unpaired) electrons. The molecule has 15 nitrogen and oxygen atoms in total. The maximum atomic E-state index is 12.7. The number of ether oxygens (including phenoxy) is 1. The van der Waals surface area contributed by atoms with Gasteiger partial charge in [0.2, 0.25) is 0 Å². The average Bonchev–Trinajstić information content (AvgIpc) is 2.94. The smallest absolute Gasteiger partial charge is 0.317 e. The third-order valence-electron chi connectivity index (χ3n) is 6.01. The molecule has 4 aliphatic rings. The lowest BCUT2D eigenvalue weighted by Crippen LogP contribution is -2.45. The lowest BCUT2D eigenvalue weighted by atomic mass is 10.2. The fourth-order valence-corrected chi connectivity index (χ4v) is 4.43. The van der Waals surface area contributed by atoms with E-state index in [0.29, 0.717) is 26.2 Å². The van der Waals surface area contributed by atoms with Crippen molar-refractivity contribution in [2.45, 2.75) is 10.1 Å². The number of carbonyl (C=O) groups is 4. The van der Waals surface area contributed by atoms with Gasteiger partial charge in [0, 0.05) is 64.5 Å². The zero-order chi connectivity index (χ0) is 29.9. The maximum Gasteiger partial charge on any atom is 0.317 e. The van der Waals surface area contributed by atoms with Gasteiger partial charge in [-0.1, -0.05) is 25.3 Å². The largest absolute Gasteiger partial charge is 0.617 e. The first-order valence-electron chi connectivity index (χ1n) is 12.7. The summed E-state index contributed by atoms with van der Waals surface area (Å²) < 4.78 is 5.89. The summed E-state index contributed by atoms with van der Waals surface area (Å²) >= 11 is 8.28. The molecule has 0 aliphatic carbocycles. The Morgan fingerprint density at radius 2 is 1.15 bits per heavy atom. The molecule has 0 atom stereocenters. The summed E-state index contributed by atoms with van der Waals surface area (Å²) in [6.45, 7) is 2.21. The molecule has 0 aromatic carbocycles. The Labute approximate surface area is 246 Å². The van der Waals surface area contributed by atoms with Crippen molar-refractivity contribution in [2.75, 3.05) is 65.6 Å². The Bertz CT molecular complexity index is 1200. The van der Waals surface area contributed by atoms with Crippen LogP contribution in [-0.2, 0) is 4.74 Å². The molecule has 0 spiro atoms. The molecule has 4 aliphatic heterocycles. The highest BCUT2D eigenvalue weighted by Crippen LogP contribution is 2.11. The second kappa shape index (κ2) is 15.4. The minimum absolute atomic E-state index is 0.00599. The standard InChI is InChI=1S/C24H32N8O7S2/c25-5-10-30-11-6-26-19(33)15-1-3-17(31(37)23(15)40)21(35)28-8-13-39-14-9-29-22(36)18-4-2-16(24(41)32(18)38)20(34)27-7-12-30/h1-4,40-41H,5-14,25H2,(H,26,33)(H,27,34)(H,28,35)(H,29,36). The van der Waals surface area contributed by atoms with E-state index in [-0.39, 0.29) is 81.4 Å². The predicted molar refractivity (Wildman–Crippen MR) is 151 cm³/mol. The molecule has 2 aromatic heterocycles. The number of nitrogens with two attached hydrogens (primary N) is 1. The molecule has 0 unspecified atom stereocenters. The van der Waals surface area contributed by atoms with Gasteiger partial charge in [-0.3, -0.25) is 24.1 Å². The van der Waals surface area contributed by atoms with Crippen LogP contribution in [0.25, 0.3) is 0 Å². The van der Waals surface area contributed by atoms with Crippen molar-refractivity contribution < 1.29 is 33.4 Å². The van der Waals surface area contributed by atoms with Crippen LogP contribution in [0.1, 0.15) is 41.7 Å². The zero-order valence-electron chi connectivity index (χ0n) is 22.1. The zero-order valence-corrected chi connectivity index (χ0v) is 23.8. The minimum atomic E-state index is -0.684. The van der Waals surface area contributed by atoms with Crippen molar-refractivity contribution in [1.29, 1.82) is 0 Å². The molecule has 6 N–H and O–H groups in total. The Balaban J connectivity index is 1.76. The van der Waals surface area contributed by atoms with Gasteiger partial charge in [-0.2, -0.15) is 9.46 Å². The van der Waals surface area contributed by atoms with E-state index in [1.165, 1.54) is 24.3 Å². The average molecular weight is 609 g/mol. The van der Waals surface area contributed by atoms with Crippen molar-refractivity contribution in [3.05, 3.63) is 57.2 Å². The fourth-order valence-electron chi connectivity index (χ4n) is 3.87. The van der Waals surface area contributed by atoms with Crippen molar-refractivity contribution in [3.63, 3.8) is 0 Å². The molecular formula is C24H32N8O7S2. The molecule has 4 bridgehead atoms. The molecule has 0 saturated heterocycles. The molecule has 0 saturated carbocycles. The van der Waals surface area contributed by atoms with Crippen molar-refractivity contribution >= 4 is 48.9 Å². The summed E-state index contributed by atoms with van der Waals surface area (Å²) in [5.41, 5.74) is 5.18. The molecule has 6 rings (SSSR count). The monoisotopic (exact) mass is 608 g/mol. The van der Waals surface area contributed by atoms with E-state index < -0.39 is 23.6 Å².